The molecule has 0 aromatic heterocycles. The molecule has 4 heteroatoms. The molecule has 2 N–H and O–H groups in total. The van der Waals surface area contributed by atoms with E-state index in [1.807, 2.05) is 12.1 Å². The largest absolute Gasteiger partial charge is 0.399 e. The zero-order valence-electron chi connectivity index (χ0n) is 6.30. The summed E-state index contributed by atoms with van der Waals surface area (Å²) in [6.45, 7) is 0. The van der Waals surface area contributed by atoms with Gasteiger partial charge in [0, 0.05) is 14.7 Å². The Morgan fingerprint density at radius 3 is 2.30 bits per heavy atom. The number of hydrogen-bond acceptors (Lipinski definition) is 1. The summed E-state index contributed by atoms with van der Waals surface area (Å²) in [5.74, 6) is 0. The molecule has 1 rings (SSSR count). The average molecular weight is 183 g/mol. The standard InChI is InChI=1S/C6H13NSi3/c7-5-1-3-6(4-2-5)9-10-8/h1-4H,7,9-10H2,8H3. The first-order valence-electron chi connectivity index (χ1n) is 3.67. The van der Waals surface area contributed by atoms with E-state index >= 15 is 0 Å². The highest BCUT2D eigenvalue weighted by atomic mass is 29.5. The molecule has 0 aliphatic rings. The predicted octanol–water partition coefficient (Wildman–Crippen LogP) is -2.57. The summed E-state index contributed by atoms with van der Waals surface area (Å²) in [7, 11) is 2.16. The average Bonchev–Trinajstić information content (AvgIpc) is 1.95. The molecule has 0 spiro atoms. The van der Waals surface area contributed by atoms with Gasteiger partial charge in [-0.25, -0.2) is 0 Å². The van der Waals surface area contributed by atoms with Crippen molar-refractivity contribution >= 4 is 38.2 Å². The maximum absolute atomic E-state index is 5.56. The Morgan fingerprint density at radius 1 is 1.20 bits per heavy atom. The number of nitrogen functional groups attached to an aromatic ring is 1. The smallest absolute Gasteiger partial charge is 0.0389 e. The maximum Gasteiger partial charge on any atom is 0.0389 e. The highest BCUT2D eigenvalue weighted by Gasteiger charge is 1.89. The minimum absolute atomic E-state index is 0.228. The third-order valence-electron chi connectivity index (χ3n) is 1.52. The quantitative estimate of drug-likeness (QED) is 0.396. The number of nitrogens with two attached hydrogens (primary N) is 1. The highest BCUT2D eigenvalue weighted by molar-refractivity contribution is 7.27. The molecule has 0 fully saturated rings. The molecule has 0 bridgehead atoms. The van der Waals surface area contributed by atoms with Crippen molar-refractivity contribution in [2.75, 3.05) is 5.73 Å². The van der Waals surface area contributed by atoms with Gasteiger partial charge in [-0.3, -0.25) is 0 Å². The molecule has 0 saturated heterocycles. The van der Waals surface area contributed by atoms with Crippen LogP contribution in [0.1, 0.15) is 0 Å². The fourth-order valence-corrected chi connectivity index (χ4v) is 10.0. The van der Waals surface area contributed by atoms with Crippen LogP contribution >= 0.6 is 0 Å². The van der Waals surface area contributed by atoms with Gasteiger partial charge in [0.15, 0.2) is 0 Å². The van der Waals surface area contributed by atoms with Crippen LogP contribution < -0.4 is 10.9 Å². The van der Waals surface area contributed by atoms with Gasteiger partial charge in [0.25, 0.3) is 0 Å². The van der Waals surface area contributed by atoms with Crippen molar-refractivity contribution in [3.05, 3.63) is 24.3 Å². The first-order chi connectivity index (χ1) is 4.83. The molecule has 0 radical (unpaired) electrons. The van der Waals surface area contributed by atoms with Gasteiger partial charge in [-0.15, -0.1) is 0 Å². The van der Waals surface area contributed by atoms with Gasteiger partial charge >= 0.3 is 0 Å². The van der Waals surface area contributed by atoms with Crippen LogP contribution in [0.5, 0.6) is 0 Å². The van der Waals surface area contributed by atoms with Crippen LogP contribution in [0.25, 0.3) is 0 Å². The topological polar surface area (TPSA) is 26.0 Å². The van der Waals surface area contributed by atoms with Crippen molar-refractivity contribution < 1.29 is 0 Å². The van der Waals surface area contributed by atoms with Crippen molar-refractivity contribution in [2.24, 2.45) is 0 Å². The summed E-state index contributed by atoms with van der Waals surface area (Å²) >= 11 is 0. The van der Waals surface area contributed by atoms with E-state index in [1.165, 1.54) is 9.76 Å². The minimum Gasteiger partial charge on any atom is -0.399 e. The van der Waals surface area contributed by atoms with Crippen LogP contribution in [0.2, 0.25) is 0 Å². The third kappa shape index (κ3) is 2.13. The van der Waals surface area contributed by atoms with Crippen LogP contribution in [0.15, 0.2) is 24.3 Å². The summed E-state index contributed by atoms with van der Waals surface area (Å²) in [5, 5.41) is 1.61. The molecule has 0 amide bonds. The molecule has 0 saturated carbocycles. The Hall–Kier alpha value is -0.329. The molecule has 10 heavy (non-hydrogen) atoms. The number of rotatable bonds is 2. The molecule has 1 nitrogen and oxygen atoms in total. The summed E-state index contributed by atoms with van der Waals surface area (Å²) in [6, 6.07) is 8.45. The van der Waals surface area contributed by atoms with Crippen molar-refractivity contribution in [2.45, 2.75) is 0 Å². The summed E-state index contributed by atoms with van der Waals surface area (Å²) in [4.78, 5) is 0. The number of benzene rings is 1. The lowest BCUT2D eigenvalue weighted by Crippen LogP contribution is -2.20. The van der Waals surface area contributed by atoms with Gasteiger partial charge in [-0.05, 0) is 30.4 Å². The Kier molecular flexibility index (Phi) is 2.91. The van der Waals surface area contributed by atoms with E-state index in [4.69, 9.17) is 5.73 Å². The molecular formula is C6H13NSi3. The maximum atomic E-state index is 5.56. The predicted molar refractivity (Wildman–Crippen MR) is 57.5 cm³/mol. The SMILES string of the molecule is Nc1ccc([SiH2][SiH2][SiH3])cc1. The molecule has 1 aromatic carbocycles. The summed E-state index contributed by atoms with van der Waals surface area (Å²) < 4.78 is 0. The second-order valence-electron chi connectivity index (χ2n) is 2.49. The van der Waals surface area contributed by atoms with Gasteiger partial charge < -0.3 is 5.73 Å². The lowest BCUT2D eigenvalue weighted by atomic mass is 10.3. The summed E-state index contributed by atoms with van der Waals surface area (Å²) in [5.41, 5.74) is 6.45. The minimum atomic E-state index is 0.228. The van der Waals surface area contributed by atoms with Crippen molar-refractivity contribution in [3.63, 3.8) is 0 Å². The Morgan fingerprint density at radius 2 is 1.80 bits per heavy atom. The fraction of sp³-hybridized carbons (Fsp3) is 0. The van der Waals surface area contributed by atoms with E-state index in [2.05, 4.69) is 12.1 Å². The van der Waals surface area contributed by atoms with E-state index < -0.39 is 0 Å². The molecule has 0 aliphatic carbocycles. The highest BCUT2D eigenvalue weighted by Crippen LogP contribution is 1.94. The van der Waals surface area contributed by atoms with Gasteiger partial charge in [-0.2, -0.15) is 0 Å². The molecular weight excluding hydrogens is 170 g/mol. The lowest BCUT2D eigenvalue weighted by Gasteiger charge is -1.96. The van der Waals surface area contributed by atoms with E-state index in [0.717, 1.165) is 5.69 Å². The lowest BCUT2D eigenvalue weighted by molar-refractivity contribution is 1.73. The van der Waals surface area contributed by atoms with Crippen LogP contribution in [-0.4, -0.2) is 27.4 Å². The van der Waals surface area contributed by atoms with Crippen LogP contribution in [0.3, 0.4) is 0 Å². The van der Waals surface area contributed by atoms with Crippen molar-refractivity contribution in [3.8, 4) is 0 Å². The zero-order valence-corrected chi connectivity index (χ0v) is 11.1. The van der Waals surface area contributed by atoms with Crippen LogP contribution in [-0.2, 0) is 0 Å². The molecule has 0 atom stereocenters. The number of hydrogen-bond donors (Lipinski definition) is 1. The summed E-state index contributed by atoms with van der Waals surface area (Å²) in [6.07, 6.45) is 0. The molecule has 54 valence electrons. The molecule has 0 aliphatic heterocycles. The van der Waals surface area contributed by atoms with Crippen molar-refractivity contribution in [1.29, 1.82) is 0 Å². The first kappa shape index (κ1) is 7.77. The molecule has 0 heterocycles. The Balaban J connectivity index is 2.69. The van der Waals surface area contributed by atoms with Gasteiger partial charge in [-0.1, -0.05) is 17.3 Å². The van der Waals surface area contributed by atoms with Crippen LogP contribution in [0, 0.1) is 0 Å². The normalized spacial score (nSPS) is 12.4. The second kappa shape index (κ2) is 3.75. The van der Waals surface area contributed by atoms with E-state index in [9.17, 15) is 0 Å². The number of anilines is 1. The van der Waals surface area contributed by atoms with E-state index in [-0.39, 0.29) is 9.04 Å². The van der Waals surface area contributed by atoms with E-state index in [0.29, 0.717) is 8.55 Å². The Bertz CT molecular complexity index is 197. The van der Waals surface area contributed by atoms with E-state index in [1.54, 1.807) is 5.19 Å². The zero-order chi connectivity index (χ0) is 7.40. The van der Waals surface area contributed by atoms with Gasteiger partial charge in [0.1, 0.15) is 0 Å². The van der Waals surface area contributed by atoms with Gasteiger partial charge in [0.2, 0.25) is 0 Å². The second-order valence-corrected chi connectivity index (χ2v) is 18.3. The third-order valence-corrected chi connectivity index (χ3v) is 10.8. The van der Waals surface area contributed by atoms with Crippen molar-refractivity contribution in [1.82, 2.24) is 0 Å². The first-order valence-corrected chi connectivity index (χ1v) is 14.0. The Labute approximate surface area is 68.7 Å². The molecule has 1 aromatic rings. The van der Waals surface area contributed by atoms with Crippen LogP contribution in [0.4, 0.5) is 5.69 Å². The van der Waals surface area contributed by atoms with Gasteiger partial charge in [0.05, 0.1) is 0 Å². The fourth-order valence-electron chi connectivity index (χ4n) is 0.973. The molecule has 0 unspecified atom stereocenters. The monoisotopic (exact) mass is 183 g/mol.